The molecule has 7 fully saturated rings. The summed E-state index contributed by atoms with van der Waals surface area (Å²) in [5.41, 5.74) is -0.280. The molecule has 0 aromatic carbocycles. The van der Waals surface area contributed by atoms with Crippen molar-refractivity contribution in [3.05, 3.63) is 46.1 Å². The zero-order valence-corrected chi connectivity index (χ0v) is 32.5. The zero-order chi connectivity index (χ0) is 37.7. The third kappa shape index (κ3) is 3.17. The third-order valence-electron chi connectivity index (χ3n) is 19.4. The van der Waals surface area contributed by atoms with E-state index in [0.29, 0.717) is 50.5 Å². The van der Waals surface area contributed by atoms with Crippen LogP contribution < -0.4 is 0 Å². The van der Waals surface area contributed by atoms with Crippen LogP contribution in [0.4, 0.5) is 0 Å². The van der Waals surface area contributed by atoms with Gasteiger partial charge in [-0.2, -0.15) is 0 Å². The van der Waals surface area contributed by atoms with Crippen molar-refractivity contribution < 1.29 is 43.5 Å². The summed E-state index contributed by atoms with van der Waals surface area (Å²) in [6, 6.07) is 0. The molecule has 0 radical (unpaired) electrons. The van der Waals surface area contributed by atoms with Crippen LogP contribution in [0.1, 0.15) is 112 Å². The van der Waals surface area contributed by atoms with Crippen LogP contribution in [0.5, 0.6) is 0 Å². The Labute approximate surface area is 316 Å². The summed E-state index contributed by atoms with van der Waals surface area (Å²) in [7, 11) is 0. The molecule has 3 saturated carbocycles. The van der Waals surface area contributed by atoms with Crippen molar-refractivity contribution in [3.8, 4) is 0 Å². The molecule has 0 unspecified atom stereocenters. The molecule has 0 aromatic heterocycles. The maximum atomic E-state index is 15.1. The Morgan fingerprint density at radius 3 is 1.94 bits per heavy atom. The van der Waals surface area contributed by atoms with Gasteiger partial charge in [-0.05, 0) is 132 Å². The van der Waals surface area contributed by atoms with Crippen LogP contribution in [0.2, 0.25) is 0 Å². The first-order valence-electron chi connectivity index (χ1n) is 21.0. The Hall–Kier alpha value is -2.75. The van der Waals surface area contributed by atoms with Crippen molar-refractivity contribution in [2.75, 3.05) is 0 Å². The highest BCUT2D eigenvalue weighted by atomic mass is 16.6. The first-order chi connectivity index (χ1) is 25.3. The standard InChI is InChI=1S/C45H54O9/c1-20-8-15-45-27(20)33-26(11-14-42(45,7)54-45)44(36(47)52-33)19-23-17-39(44,4)31-29(23)41(6,50)13-10-25-34(31)53-37(48)43(25)18-22-16-38(43,3)30-28(22)40(5,49)12-9-24-21(2)35(46)51-32(24)30/h8,22-27,32-34,49-50H,2,9-19H2,1,3-7H3/t22-,23-,24+,25-,26-,27-,32+,33+,34+,38+,39+,40+,41+,42+,43+,44+,45-/m1/s1. The molecule has 9 heteroatoms. The molecule has 4 saturated heterocycles. The minimum atomic E-state index is -1.11. The molecule has 12 aliphatic rings. The van der Waals surface area contributed by atoms with E-state index in [1.165, 1.54) is 5.57 Å². The van der Waals surface area contributed by atoms with Gasteiger partial charge in [-0.15, -0.1) is 0 Å². The van der Waals surface area contributed by atoms with Gasteiger partial charge in [0.25, 0.3) is 0 Å². The Morgan fingerprint density at radius 1 is 0.704 bits per heavy atom. The lowest BCUT2D eigenvalue weighted by atomic mass is 9.50. The number of hydrogen-bond acceptors (Lipinski definition) is 9. The number of fused-ring (bicyclic) bond motifs is 18. The molecular weight excluding hydrogens is 684 g/mol. The summed E-state index contributed by atoms with van der Waals surface area (Å²) >= 11 is 0. The maximum Gasteiger partial charge on any atom is 0.334 e. The second-order valence-corrected chi connectivity index (χ2v) is 21.4. The summed E-state index contributed by atoms with van der Waals surface area (Å²) < 4.78 is 26.3. The highest BCUT2D eigenvalue weighted by Crippen LogP contribution is 2.81. The summed E-state index contributed by atoms with van der Waals surface area (Å²) in [5, 5.41) is 24.6. The van der Waals surface area contributed by atoms with Crippen LogP contribution >= 0.6 is 0 Å². The van der Waals surface area contributed by atoms with E-state index in [1.54, 1.807) is 0 Å². The van der Waals surface area contributed by atoms with Gasteiger partial charge >= 0.3 is 17.9 Å². The molecule has 4 bridgehead atoms. The van der Waals surface area contributed by atoms with Gasteiger partial charge in [0.05, 0.1) is 27.6 Å². The van der Waals surface area contributed by atoms with Crippen molar-refractivity contribution in [1.82, 2.24) is 0 Å². The molecule has 17 atom stereocenters. The zero-order valence-electron chi connectivity index (χ0n) is 32.5. The van der Waals surface area contributed by atoms with Gasteiger partial charge in [0.1, 0.15) is 23.9 Å². The Balaban J connectivity index is 0.996. The van der Waals surface area contributed by atoms with E-state index in [0.717, 1.165) is 48.0 Å². The molecule has 9 nitrogen and oxygen atoms in total. The summed E-state index contributed by atoms with van der Waals surface area (Å²) in [6.07, 6.45) is 8.24. The normalized spacial score (nSPS) is 59.6. The fourth-order valence-corrected chi connectivity index (χ4v) is 17.3. The number of epoxide rings is 1. The van der Waals surface area contributed by atoms with Gasteiger partial charge in [-0.3, -0.25) is 9.59 Å². The number of rotatable bonds is 0. The Bertz CT molecular complexity index is 2050. The molecule has 0 amide bonds. The van der Waals surface area contributed by atoms with Crippen LogP contribution in [0.25, 0.3) is 0 Å². The summed E-state index contributed by atoms with van der Waals surface area (Å²) in [5.74, 6) is -1.27. The van der Waals surface area contributed by atoms with E-state index >= 15 is 4.79 Å². The number of hydrogen-bond donors (Lipinski definition) is 2. The molecule has 2 N–H and O–H groups in total. The number of ether oxygens (including phenoxy) is 4. The Morgan fingerprint density at radius 2 is 1.28 bits per heavy atom. The number of carbonyl (C=O) groups is 3. The molecule has 288 valence electrons. The number of aliphatic hydroxyl groups is 2. The van der Waals surface area contributed by atoms with Gasteiger partial charge in [0, 0.05) is 40.1 Å². The second-order valence-electron chi connectivity index (χ2n) is 21.4. The lowest BCUT2D eigenvalue weighted by Crippen LogP contribution is -2.52. The molecule has 4 aliphatic heterocycles. The molecular formula is C45H54O9. The van der Waals surface area contributed by atoms with Gasteiger partial charge in [0.2, 0.25) is 0 Å². The van der Waals surface area contributed by atoms with Crippen LogP contribution in [0, 0.1) is 57.2 Å². The molecule has 4 heterocycles. The van der Waals surface area contributed by atoms with Gasteiger partial charge in [-0.25, -0.2) is 4.79 Å². The lowest BCUT2D eigenvalue weighted by molar-refractivity contribution is -0.155. The van der Waals surface area contributed by atoms with E-state index in [4.69, 9.17) is 18.9 Å². The first-order valence-corrected chi connectivity index (χ1v) is 21.0. The van der Waals surface area contributed by atoms with Crippen molar-refractivity contribution in [2.45, 2.75) is 153 Å². The van der Waals surface area contributed by atoms with Crippen molar-refractivity contribution >= 4 is 17.9 Å². The predicted molar refractivity (Wildman–Crippen MR) is 193 cm³/mol. The average molecular weight is 739 g/mol. The van der Waals surface area contributed by atoms with Crippen LogP contribution in [0.3, 0.4) is 0 Å². The predicted octanol–water partition coefficient (Wildman–Crippen LogP) is 5.97. The lowest BCUT2D eigenvalue weighted by Gasteiger charge is -2.49. The largest absolute Gasteiger partial charge is 0.461 e. The fraction of sp³-hybridized carbons (Fsp3) is 0.756. The van der Waals surface area contributed by atoms with Gasteiger partial charge in [-0.1, -0.05) is 32.1 Å². The van der Waals surface area contributed by atoms with Crippen LogP contribution in [0.15, 0.2) is 46.1 Å². The average Bonchev–Trinajstić information content (AvgIpc) is 3.75. The molecule has 8 aliphatic carbocycles. The van der Waals surface area contributed by atoms with Gasteiger partial charge in [0.15, 0.2) is 0 Å². The van der Waals surface area contributed by atoms with Crippen molar-refractivity contribution in [1.29, 1.82) is 0 Å². The Kier molecular flexibility index (Phi) is 5.67. The monoisotopic (exact) mass is 738 g/mol. The summed E-state index contributed by atoms with van der Waals surface area (Å²) in [6.45, 7) is 16.8. The van der Waals surface area contributed by atoms with Gasteiger partial charge < -0.3 is 29.2 Å². The minimum absolute atomic E-state index is 0.00801. The quantitative estimate of drug-likeness (QED) is 0.102. The molecule has 0 aromatic rings. The maximum absolute atomic E-state index is 15.1. The second kappa shape index (κ2) is 9.18. The third-order valence-corrected chi connectivity index (χ3v) is 19.4. The van der Waals surface area contributed by atoms with Crippen molar-refractivity contribution in [2.24, 2.45) is 57.2 Å². The smallest absolute Gasteiger partial charge is 0.334 e. The van der Waals surface area contributed by atoms with Crippen LogP contribution in [-0.2, 0) is 33.3 Å². The highest BCUT2D eigenvalue weighted by molar-refractivity contribution is 5.92. The van der Waals surface area contributed by atoms with Crippen LogP contribution in [-0.4, -0.2) is 68.8 Å². The van der Waals surface area contributed by atoms with Crippen molar-refractivity contribution in [3.63, 3.8) is 0 Å². The first kappa shape index (κ1) is 33.4. The summed E-state index contributed by atoms with van der Waals surface area (Å²) in [4.78, 5) is 43.1. The molecule has 54 heavy (non-hydrogen) atoms. The number of carbonyl (C=O) groups excluding carboxylic acids is 3. The van der Waals surface area contributed by atoms with E-state index in [-0.39, 0.29) is 64.8 Å². The fourth-order valence-electron chi connectivity index (χ4n) is 17.3. The SMILES string of the molecule is C=C1C(=O)O[C@@H]2C3=C([C@@H]4C[C@]3(C)[C@]3(C4)C(=O)O[C@@H]4C5=C([C@@H]6C[C@]5(C)[C@]5(C6)C(=O)O[C@@H]6[C@H]7C(C)=CC[C@@]78O[C@@]8(C)CC[C@H]65)[C@@](C)(O)CC[C@H]43)[C@@](C)(O)CC[C@@H]12. The van der Waals surface area contributed by atoms with E-state index in [1.807, 2.05) is 13.8 Å². The number of esters is 3. The highest BCUT2D eigenvalue weighted by Gasteiger charge is 2.84. The molecule has 12 rings (SSSR count). The molecule has 3 spiro atoms. The van der Waals surface area contributed by atoms with E-state index in [9.17, 15) is 19.8 Å². The van der Waals surface area contributed by atoms with E-state index < -0.39 is 51.0 Å². The minimum Gasteiger partial charge on any atom is -0.461 e. The van der Waals surface area contributed by atoms with E-state index in [2.05, 4.69) is 40.3 Å². The topological polar surface area (TPSA) is 132 Å².